The van der Waals surface area contributed by atoms with Crippen LogP contribution in [-0.2, 0) is 11.3 Å². The number of carbonyl (C=O) groups is 2. The number of imide groups is 1. The fourth-order valence-corrected chi connectivity index (χ4v) is 3.72. The van der Waals surface area contributed by atoms with Crippen LogP contribution in [0.25, 0.3) is 0 Å². The van der Waals surface area contributed by atoms with Crippen LogP contribution in [0.3, 0.4) is 0 Å². The van der Waals surface area contributed by atoms with Gasteiger partial charge in [-0.2, -0.15) is 0 Å². The molecular formula is C16H18ClFN2O2. The van der Waals surface area contributed by atoms with Gasteiger partial charge in [0.05, 0.1) is 6.54 Å². The molecule has 1 aliphatic heterocycles. The minimum absolute atomic E-state index is 0.0862. The first-order valence-electron chi connectivity index (χ1n) is 7.49. The van der Waals surface area contributed by atoms with Gasteiger partial charge < -0.3 is 4.90 Å². The first kappa shape index (κ1) is 15.3. The predicted molar refractivity (Wildman–Crippen MR) is 80.9 cm³/mol. The predicted octanol–water partition coefficient (Wildman–Crippen LogP) is 3.58. The molecule has 1 aromatic carbocycles. The molecule has 1 aliphatic carbocycles. The summed E-state index contributed by atoms with van der Waals surface area (Å²) in [6.07, 6.45) is 4.42. The first-order valence-corrected chi connectivity index (χ1v) is 7.87. The molecule has 3 rings (SSSR count). The maximum atomic E-state index is 13.1. The molecule has 0 bridgehead atoms. The highest BCUT2D eigenvalue weighted by molar-refractivity contribution is 6.31. The van der Waals surface area contributed by atoms with E-state index in [4.69, 9.17) is 11.6 Å². The molecule has 1 spiro atoms. The van der Waals surface area contributed by atoms with Crippen molar-refractivity contribution >= 4 is 23.5 Å². The third-order valence-electron chi connectivity index (χ3n) is 4.83. The summed E-state index contributed by atoms with van der Waals surface area (Å²) >= 11 is 6.01. The molecule has 1 saturated carbocycles. The Labute approximate surface area is 133 Å². The van der Waals surface area contributed by atoms with Crippen molar-refractivity contribution in [1.29, 1.82) is 0 Å². The summed E-state index contributed by atoms with van der Waals surface area (Å²) in [6, 6.07) is 3.70. The second kappa shape index (κ2) is 5.54. The van der Waals surface area contributed by atoms with Crippen LogP contribution < -0.4 is 0 Å². The smallest absolute Gasteiger partial charge is 0.313 e. The third-order valence-corrected chi connectivity index (χ3v) is 5.18. The maximum Gasteiger partial charge on any atom is 0.327 e. The van der Waals surface area contributed by atoms with Gasteiger partial charge in [-0.25, -0.2) is 9.18 Å². The minimum atomic E-state index is -0.693. The van der Waals surface area contributed by atoms with Gasteiger partial charge in [-0.05, 0) is 30.5 Å². The van der Waals surface area contributed by atoms with Gasteiger partial charge in [0.2, 0.25) is 0 Å². The molecule has 0 unspecified atom stereocenters. The van der Waals surface area contributed by atoms with Crippen molar-refractivity contribution in [2.24, 2.45) is 0 Å². The van der Waals surface area contributed by atoms with E-state index >= 15 is 0 Å². The second-order valence-corrected chi connectivity index (χ2v) is 6.47. The van der Waals surface area contributed by atoms with E-state index in [0.717, 1.165) is 19.3 Å². The topological polar surface area (TPSA) is 40.6 Å². The van der Waals surface area contributed by atoms with Crippen molar-refractivity contribution in [3.8, 4) is 0 Å². The average Bonchev–Trinajstić information content (AvgIpc) is 2.67. The lowest BCUT2D eigenvalue weighted by Gasteiger charge is -2.35. The maximum absolute atomic E-state index is 13.1. The molecule has 6 heteroatoms. The average molecular weight is 325 g/mol. The molecule has 0 atom stereocenters. The van der Waals surface area contributed by atoms with Gasteiger partial charge in [-0.15, -0.1) is 0 Å². The van der Waals surface area contributed by atoms with Crippen LogP contribution in [0.15, 0.2) is 18.2 Å². The van der Waals surface area contributed by atoms with Crippen molar-refractivity contribution in [2.45, 2.75) is 44.2 Å². The zero-order valence-electron chi connectivity index (χ0n) is 12.4. The van der Waals surface area contributed by atoms with Crippen LogP contribution >= 0.6 is 11.6 Å². The van der Waals surface area contributed by atoms with E-state index in [0.29, 0.717) is 18.4 Å². The number of nitrogens with zero attached hydrogens (tertiary/aromatic N) is 2. The lowest BCUT2D eigenvalue weighted by Crippen LogP contribution is -2.49. The monoisotopic (exact) mass is 324 g/mol. The first-order chi connectivity index (χ1) is 10.5. The standard InChI is InChI=1S/C16H18ClFN2O2/c1-19-15(22)20(10-11-5-6-12(18)9-13(11)17)14(21)16(19)7-3-2-4-8-16/h5-6,9H,2-4,7-8,10H2,1H3. The molecule has 118 valence electrons. The summed E-state index contributed by atoms with van der Waals surface area (Å²) in [6.45, 7) is 0.0862. The largest absolute Gasteiger partial charge is 0.327 e. The summed E-state index contributed by atoms with van der Waals surface area (Å²) in [4.78, 5) is 28.1. The van der Waals surface area contributed by atoms with Gasteiger partial charge >= 0.3 is 6.03 Å². The zero-order chi connectivity index (χ0) is 15.9. The number of hydrogen-bond donors (Lipinski definition) is 0. The Kier molecular flexibility index (Phi) is 3.85. The number of urea groups is 1. The summed E-state index contributed by atoms with van der Waals surface area (Å²) in [5.41, 5.74) is -0.118. The van der Waals surface area contributed by atoms with Crippen LogP contribution in [0.2, 0.25) is 5.02 Å². The van der Waals surface area contributed by atoms with E-state index in [-0.39, 0.29) is 23.5 Å². The van der Waals surface area contributed by atoms with Gasteiger partial charge in [0, 0.05) is 12.1 Å². The number of benzene rings is 1. The molecule has 1 heterocycles. The van der Waals surface area contributed by atoms with Gasteiger partial charge in [-0.3, -0.25) is 9.69 Å². The summed E-state index contributed by atoms with van der Waals surface area (Å²) in [5, 5.41) is 0.229. The molecule has 0 N–H and O–H groups in total. The van der Waals surface area contributed by atoms with Crippen LogP contribution in [0.1, 0.15) is 37.7 Å². The summed E-state index contributed by atoms with van der Waals surface area (Å²) in [7, 11) is 1.69. The van der Waals surface area contributed by atoms with Gasteiger partial charge in [0.1, 0.15) is 11.4 Å². The molecule has 0 radical (unpaired) electrons. The molecule has 0 aromatic heterocycles. The molecule has 4 nitrogen and oxygen atoms in total. The highest BCUT2D eigenvalue weighted by atomic mass is 35.5. The number of hydrogen-bond acceptors (Lipinski definition) is 2. The summed E-state index contributed by atoms with van der Waals surface area (Å²) in [5.74, 6) is -0.589. The number of rotatable bonds is 2. The molecule has 22 heavy (non-hydrogen) atoms. The van der Waals surface area contributed by atoms with Crippen LogP contribution in [0, 0.1) is 5.82 Å². The van der Waals surface area contributed by atoms with Crippen LogP contribution in [0.5, 0.6) is 0 Å². The van der Waals surface area contributed by atoms with Gasteiger partial charge in [0.25, 0.3) is 5.91 Å². The lowest BCUT2D eigenvalue weighted by molar-refractivity contribution is -0.134. The number of carbonyl (C=O) groups excluding carboxylic acids is 2. The Bertz CT molecular complexity index is 629. The van der Waals surface area contributed by atoms with E-state index in [2.05, 4.69) is 0 Å². The fraction of sp³-hybridized carbons (Fsp3) is 0.500. The number of halogens is 2. The highest BCUT2D eigenvalue weighted by Gasteiger charge is 2.55. The SMILES string of the molecule is CN1C(=O)N(Cc2ccc(F)cc2Cl)C(=O)C12CCCCC2. The highest BCUT2D eigenvalue weighted by Crippen LogP contribution is 2.40. The molecule has 1 aromatic rings. The van der Waals surface area contributed by atoms with Crippen molar-refractivity contribution in [2.75, 3.05) is 7.05 Å². The quantitative estimate of drug-likeness (QED) is 0.780. The molecule has 2 aliphatic rings. The Balaban J connectivity index is 1.88. The molecule has 1 saturated heterocycles. The van der Waals surface area contributed by atoms with E-state index in [1.807, 2.05) is 0 Å². The van der Waals surface area contributed by atoms with E-state index in [1.54, 1.807) is 11.9 Å². The number of amides is 3. The number of likely N-dealkylation sites (N-methyl/N-ethyl adjacent to an activating group) is 1. The van der Waals surface area contributed by atoms with Gasteiger partial charge in [0.15, 0.2) is 0 Å². The Morgan fingerprint density at radius 3 is 2.55 bits per heavy atom. The minimum Gasteiger partial charge on any atom is -0.313 e. The Morgan fingerprint density at radius 2 is 1.91 bits per heavy atom. The van der Waals surface area contributed by atoms with Crippen LogP contribution in [0.4, 0.5) is 9.18 Å². The fourth-order valence-electron chi connectivity index (χ4n) is 3.49. The Hall–Kier alpha value is -1.62. The van der Waals surface area contributed by atoms with Gasteiger partial charge in [-0.1, -0.05) is 36.9 Å². The zero-order valence-corrected chi connectivity index (χ0v) is 13.2. The lowest BCUT2D eigenvalue weighted by atomic mass is 9.81. The second-order valence-electron chi connectivity index (χ2n) is 6.06. The van der Waals surface area contributed by atoms with E-state index in [1.165, 1.54) is 23.1 Å². The molecule has 2 fully saturated rings. The Morgan fingerprint density at radius 1 is 1.23 bits per heavy atom. The van der Waals surface area contributed by atoms with E-state index < -0.39 is 11.4 Å². The molecular weight excluding hydrogens is 307 g/mol. The third kappa shape index (κ3) is 2.28. The van der Waals surface area contributed by atoms with Crippen molar-refractivity contribution in [1.82, 2.24) is 9.80 Å². The summed E-state index contributed by atoms with van der Waals surface area (Å²) < 4.78 is 13.1. The van der Waals surface area contributed by atoms with Crippen LogP contribution in [-0.4, -0.2) is 34.3 Å². The van der Waals surface area contributed by atoms with Crippen molar-refractivity contribution < 1.29 is 14.0 Å². The van der Waals surface area contributed by atoms with Crippen molar-refractivity contribution in [3.63, 3.8) is 0 Å². The normalized spacial score (nSPS) is 21.0. The molecule has 3 amide bonds. The van der Waals surface area contributed by atoms with Crippen molar-refractivity contribution in [3.05, 3.63) is 34.6 Å². The van der Waals surface area contributed by atoms with E-state index in [9.17, 15) is 14.0 Å².